The topological polar surface area (TPSA) is 55.1 Å². The molecule has 0 saturated heterocycles. The van der Waals surface area contributed by atoms with Crippen LogP contribution in [-0.4, -0.2) is 20.9 Å². The molecule has 3 rings (SSSR count). The highest BCUT2D eigenvalue weighted by atomic mass is 35.5. The third-order valence-electron chi connectivity index (χ3n) is 3.89. The number of carboxylic acids is 1. The molecule has 0 spiro atoms. The molecule has 138 valence electrons. The molecule has 0 radical (unpaired) electrons. The molecule has 7 heteroatoms. The predicted octanol–water partition coefficient (Wildman–Crippen LogP) is 6.07. The maximum atomic E-state index is 11.6. The van der Waals surface area contributed by atoms with Gasteiger partial charge in [-0.25, -0.2) is 9.48 Å². The van der Waals surface area contributed by atoms with Crippen LogP contribution in [0.1, 0.15) is 40.7 Å². The Morgan fingerprint density at radius 2 is 2.07 bits per heavy atom. The molecule has 1 N–H and O–H groups in total. The minimum absolute atomic E-state index is 0.0111. The fraction of sp³-hybridized carbons (Fsp3) is 0.200. The Balaban J connectivity index is 2.17. The van der Waals surface area contributed by atoms with Crippen molar-refractivity contribution in [1.29, 1.82) is 0 Å². The molecule has 0 aliphatic rings. The number of rotatable bonds is 4. The summed E-state index contributed by atoms with van der Waals surface area (Å²) in [6, 6.07) is 8.89. The van der Waals surface area contributed by atoms with Gasteiger partial charge in [-0.3, -0.25) is 0 Å². The summed E-state index contributed by atoms with van der Waals surface area (Å²) in [6.45, 7) is 3.83. The monoisotopic (exact) mass is 418 g/mol. The summed E-state index contributed by atoms with van der Waals surface area (Å²) >= 11 is 13.8. The molecule has 4 nitrogen and oxygen atoms in total. The molecule has 0 amide bonds. The van der Waals surface area contributed by atoms with Crippen molar-refractivity contribution in [3.05, 3.63) is 56.5 Å². The molecule has 0 aliphatic heterocycles. The van der Waals surface area contributed by atoms with Gasteiger partial charge < -0.3 is 5.11 Å². The van der Waals surface area contributed by atoms with Gasteiger partial charge in [-0.2, -0.15) is 5.10 Å². The second-order valence-corrected chi connectivity index (χ2v) is 7.78. The smallest absolute Gasteiger partial charge is 0.356 e. The van der Waals surface area contributed by atoms with E-state index in [1.165, 1.54) is 11.3 Å². The lowest BCUT2D eigenvalue weighted by atomic mass is 10.1. The number of thiophene rings is 1. The zero-order chi connectivity index (χ0) is 19.6. The summed E-state index contributed by atoms with van der Waals surface area (Å²) in [4.78, 5) is 13.4. The Kier molecular flexibility index (Phi) is 5.91. The van der Waals surface area contributed by atoms with Gasteiger partial charge in [0.25, 0.3) is 0 Å². The minimum Gasteiger partial charge on any atom is -0.476 e. The first-order valence-electron chi connectivity index (χ1n) is 8.29. The van der Waals surface area contributed by atoms with E-state index in [1.807, 2.05) is 12.1 Å². The number of aromatic carboxylic acids is 1. The Morgan fingerprint density at radius 3 is 2.74 bits per heavy atom. The second kappa shape index (κ2) is 8.18. The van der Waals surface area contributed by atoms with Crippen molar-refractivity contribution < 1.29 is 9.90 Å². The quantitative estimate of drug-likeness (QED) is 0.523. The van der Waals surface area contributed by atoms with E-state index in [4.69, 9.17) is 23.2 Å². The van der Waals surface area contributed by atoms with Gasteiger partial charge in [0.2, 0.25) is 0 Å². The summed E-state index contributed by atoms with van der Waals surface area (Å²) in [5.41, 5.74) is 1.82. The highest BCUT2D eigenvalue weighted by Gasteiger charge is 2.23. The van der Waals surface area contributed by atoms with Crippen LogP contribution in [0.25, 0.3) is 16.3 Å². The molecular weight excluding hydrogens is 403 g/mol. The number of hydrogen-bond acceptors (Lipinski definition) is 3. The molecule has 0 fully saturated rings. The number of unbranched alkanes of at least 4 members (excludes halogenated alkanes) is 1. The molecule has 2 heterocycles. The third-order valence-corrected chi connectivity index (χ3v) is 5.43. The molecule has 0 atom stereocenters. The molecule has 27 heavy (non-hydrogen) atoms. The summed E-state index contributed by atoms with van der Waals surface area (Å²) in [5, 5.41) is 14.7. The maximum absolute atomic E-state index is 11.6. The van der Waals surface area contributed by atoms with Gasteiger partial charge in [0.1, 0.15) is 0 Å². The fourth-order valence-electron chi connectivity index (χ4n) is 2.62. The van der Waals surface area contributed by atoms with Crippen LogP contribution < -0.4 is 0 Å². The number of carboxylic acid groups (broad SMARTS) is 1. The maximum Gasteiger partial charge on any atom is 0.356 e. The van der Waals surface area contributed by atoms with Crippen LogP contribution in [0.2, 0.25) is 10.0 Å². The molecule has 0 saturated carbocycles. The lowest BCUT2D eigenvalue weighted by molar-refractivity contribution is 0.0689. The molecular formula is C20H16Cl2N2O2S. The van der Waals surface area contributed by atoms with Crippen molar-refractivity contribution in [2.45, 2.75) is 26.7 Å². The Hall–Kier alpha value is -2.26. The van der Waals surface area contributed by atoms with Crippen molar-refractivity contribution in [2.24, 2.45) is 0 Å². The minimum atomic E-state index is -1.09. The zero-order valence-electron chi connectivity index (χ0n) is 14.7. The van der Waals surface area contributed by atoms with Crippen LogP contribution in [0.4, 0.5) is 0 Å². The van der Waals surface area contributed by atoms with Crippen molar-refractivity contribution >= 4 is 40.5 Å². The van der Waals surface area contributed by atoms with Gasteiger partial charge in [-0.05, 0) is 43.7 Å². The molecule has 0 unspecified atom stereocenters. The molecule has 0 bridgehead atoms. The lowest BCUT2D eigenvalue weighted by Gasteiger charge is -2.09. The van der Waals surface area contributed by atoms with E-state index >= 15 is 0 Å². The van der Waals surface area contributed by atoms with E-state index in [2.05, 4.69) is 23.9 Å². The first-order chi connectivity index (χ1) is 12.9. The normalized spacial score (nSPS) is 10.5. The Morgan fingerprint density at radius 1 is 1.30 bits per heavy atom. The van der Waals surface area contributed by atoms with Crippen LogP contribution in [0.3, 0.4) is 0 Å². The van der Waals surface area contributed by atoms with E-state index in [0.29, 0.717) is 27.0 Å². The van der Waals surface area contributed by atoms with Crippen molar-refractivity contribution in [3.8, 4) is 28.1 Å². The first-order valence-corrected chi connectivity index (χ1v) is 9.87. The number of benzene rings is 1. The Bertz CT molecular complexity index is 1070. The van der Waals surface area contributed by atoms with E-state index in [9.17, 15) is 9.90 Å². The summed E-state index contributed by atoms with van der Waals surface area (Å²) in [5.74, 6) is 5.18. The van der Waals surface area contributed by atoms with Crippen LogP contribution >= 0.6 is 34.5 Å². The highest BCUT2D eigenvalue weighted by molar-refractivity contribution is 7.16. The van der Waals surface area contributed by atoms with Crippen LogP contribution in [0, 0.1) is 18.8 Å². The van der Waals surface area contributed by atoms with Gasteiger partial charge in [0.05, 0.1) is 26.2 Å². The van der Waals surface area contributed by atoms with Crippen LogP contribution in [-0.2, 0) is 0 Å². The van der Waals surface area contributed by atoms with Gasteiger partial charge in [-0.15, -0.1) is 11.3 Å². The molecule has 1 aromatic carbocycles. The van der Waals surface area contributed by atoms with E-state index in [1.54, 1.807) is 29.8 Å². The molecule has 0 aliphatic carbocycles. The zero-order valence-corrected chi connectivity index (χ0v) is 17.0. The summed E-state index contributed by atoms with van der Waals surface area (Å²) in [7, 11) is 0. The molecule has 3 aromatic rings. The van der Waals surface area contributed by atoms with Crippen LogP contribution in [0.15, 0.2) is 30.3 Å². The molecule has 2 aromatic heterocycles. The van der Waals surface area contributed by atoms with E-state index < -0.39 is 5.97 Å². The summed E-state index contributed by atoms with van der Waals surface area (Å²) < 4.78 is 1.56. The average Bonchev–Trinajstić information content (AvgIpc) is 3.19. The average molecular weight is 419 g/mol. The number of nitrogens with zero attached hydrogens (tertiary/aromatic N) is 2. The standard InChI is InChI=1S/C20H16Cl2N2O2S/c1-3-4-5-6-14-8-10-17(27-14)19-12(2)18(20(25)26)23-24(19)16-9-7-13(21)11-15(16)22/h7-11H,3-4H2,1-2H3,(H,25,26). The third kappa shape index (κ3) is 4.03. The van der Waals surface area contributed by atoms with Gasteiger partial charge in [0.15, 0.2) is 5.69 Å². The van der Waals surface area contributed by atoms with Gasteiger partial charge in [0, 0.05) is 17.0 Å². The largest absolute Gasteiger partial charge is 0.476 e. The van der Waals surface area contributed by atoms with E-state index in [0.717, 1.165) is 22.6 Å². The van der Waals surface area contributed by atoms with Crippen molar-refractivity contribution in [1.82, 2.24) is 9.78 Å². The van der Waals surface area contributed by atoms with Crippen molar-refractivity contribution in [3.63, 3.8) is 0 Å². The van der Waals surface area contributed by atoms with E-state index in [-0.39, 0.29) is 5.69 Å². The van der Waals surface area contributed by atoms with Gasteiger partial charge in [-0.1, -0.05) is 42.0 Å². The lowest BCUT2D eigenvalue weighted by Crippen LogP contribution is -2.02. The SMILES string of the molecule is CCCC#Cc1ccc(-c2c(C)c(C(=O)O)nn2-c2ccc(Cl)cc2Cl)s1. The first kappa shape index (κ1) is 19.5. The predicted molar refractivity (Wildman–Crippen MR) is 110 cm³/mol. The Labute approximate surface area is 171 Å². The number of carbonyl (C=O) groups is 1. The summed E-state index contributed by atoms with van der Waals surface area (Å²) in [6.07, 6.45) is 1.85. The van der Waals surface area contributed by atoms with Crippen molar-refractivity contribution in [2.75, 3.05) is 0 Å². The number of hydrogen-bond donors (Lipinski definition) is 1. The fourth-order valence-corrected chi connectivity index (χ4v) is 4.08. The highest BCUT2D eigenvalue weighted by Crippen LogP contribution is 2.36. The number of aromatic nitrogens is 2. The van der Waals surface area contributed by atoms with Crippen LogP contribution in [0.5, 0.6) is 0 Å². The number of halogens is 2. The second-order valence-electron chi connectivity index (χ2n) is 5.85. The van der Waals surface area contributed by atoms with Gasteiger partial charge >= 0.3 is 5.97 Å².